The second kappa shape index (κ2) is 8.25. The zero-order valence-corrected chi connectivity index (χ0v) is 14.5. The van der Waals surface area contributed by atoms with Gasteiger partial charge in [0.05, 0.1) is 7.11 Å². The third-order valence-corrected chi connectivity index (χ3v) is 3.56. The lowest BCUT2D eigenvalue weighted by atomic mass is 9.99. The van der Waals surface area contributed by atoms with Gasteiger partial charge in [-0.3, -0.25) is 14.4 Å². The van der Waals surface area contributed by atoms with Crippen LogP contribution in [0.1, 0.15) is 20.8 Å². The summed E-state index contributed by atoms with van der Waals surface area (Å²) in [5.74, 6) is -2.95. The van der Waals surface area contributed by atoms with E-state index >= 15 is 0 Å². The Morgan fingerprint density at radius 2 is 1.26 bits per heavy atom. The molecule has 23 heavy (non-hydrogen) atoms. The van der Waals surface area contributed by atoms with E-state index in [9.17, 15) is 19.2 Å². The summed E-state index contributed by atoms with van der Waals surface area (Å²) in [7, 11) is 1.12. The van der Waals surface area contributed by atoms with Crippen molar-refractivity contribution in [1.29, 1.82) is 0 Å². The topological polar surface area (TPSA) is 114 Å². The molecular formula is C13H17BrO9. The molecule has 0 aromatic heterocycles. The van der Waals surface area contributed by atoms with E-state index in [-0.39, 0.29) is 0 Å². The summed E-state index contributed by atoms with van der Waals surface area (Å²) < 4.78 is 25.2. The van der Waals surface area contributed by atoms with E-state index in [4.69, 9.17) is 18.9 Å². The summed E-state index contributed by atoms with van der Waals surface area (Å²) in [6, 6.07) is 0. The van der Waals surface area contributed by atoms with Gasteiger partial charge in [-0.25, -0.2) is 4.79 Å². The van der Waals surface area contributed by atoms with Crippen LogP contribution in [0.4, 0.5) is 0 Å². The number of esters is 4. The van der Waals surface area contributed by atoms with Crippen LogP contribution in [-0.4, -0.2) is 60.4 Å². The van der Waals surface area contributed by atoms with Gasteiger partial charge >= 0.3 is 23.9 Å². The van der Waals surface area contributed by atoms with Gasteiger partial charge in [-0.15, -0.1) is 0 Å². The molecule has 5 atom stereocenters. The lowest BCUT2D eigenvalue weighted by Crippen LogP contribution is -2.61. The summed E-state index contributed by atoms with van der Waals surface area (Å²) in [4.78, 5) is 45.8. The van der Waals surface area contributed by atoms with Crippen molar-refractivity contribution in [2.75, 3.05) is 7.11 Å². The number of rotatable bonds is 4. The Hall–Kier alpha value is -1.68. The fraction of sp³-hybridized carbons (Fsp3) is 0.692. The van der Waals surface area contributed by atoms with Crippen LogP contribution in [0.25, 0.3) is 0 Å². The molecule has 0 radical (unpaired) electrons. The van der Waals surface area contributed by atoms with Crippen LogP contribution in [0.15, 0.2) is 0 Å². The van der Waals surface area contributed by atoms with E-state index in [0.29, 0.717) is 0 Å². The molecule has 10 heteroatoms. The van der Waals surface area contributed by atoms with Crippen molar-refractivity contribution in [3.8, 4) is 0 Å². The molecule has 9 nitrogen and oxygen atoms in total. The van der Waals surface area contributed by atoms with Crippen LogP contribution in [0.5, 0.6) is 0 Å². The summed E-state index contributed by atoms with van der Waals surface area (Å²) in [5, 5.41) is -0.980. The van der Waals surface area contributed by atoms with Crippen molar-refractivity contribution in [2.45, 2.75) is 50.2 Å². The van der Waals surface area contributed by atoms with Gasteiger partial charge in [0, 0.05) is 20.8 Å². The molecule has 1 rings (SSSR count). The lowest BCUT2D eigenvalue weighted by molar-refractivity contribution is -0.234. The number of hydrogen-bond donors (Lipinski definition) is 0. The van der Waals surface area contributed by atoms with Crippen LogP contribution in [-0.2, 0) is 42.9 Å². The summed E-state index contributed by atoms with van der Waals surface area (Å²) >= 11 is 3.11. The Bertz CT molecular complexity index is 492. The zero-order valence-electron chi connectivity index (χ0n) is 12.9. The van der Waals surface area contributed by atoms with E-state index in [0.717, 1.165) is 27.9 Å². The molecule has 1 unspecified atom stereocenters. The highest BCUT2D eigenvalue weighted by atomic mass is 79.9. The molecule has 1 saturated heterocycles. The SMILES string of the molecule is COC(=O)C1O[C@H](Br)[C@H](OC(C)=O)[C@@H](OC(C)=O)[C@@H]1OC(C)=O. The molecule has 0 aromatic carbocycles. The first kappa shape index (κ1) is 19.4. The normalized spacial score (nSPS) is 30.0. The van der Waals surface area contributed by atoms with E-state index in [1.165, 1.54) is 0 Å². The number of methoxy groups -OCH3 is 1. The van der Waals surface area contributed by atoms with Crippen LogP contribution in [0, 0.1) is 0 Å². The van der Waals surface area contributed by atoms with Gasteiger partial charge in [0.1, 0.15) is 0 Å². The first-order valence-electron chi connectivity index (χ1n) is 6.56. The Balaban J connectivity index is 3.21. The number of carbonyl (C=O) groups excluding carboxylic acids is 4. The molecule has 0 saturated carbocycles. The highest BCUT2D eigenvalue weighted by Crippen LogP contribution is 2.31. The van der Waals surface area contributed by atoms with Crippen molar-refractivity contribution in [3.63, 3.8) is 0 Å². The van der Waals surface area contributed by atoms with Crippen LogP contribution in [0.3, 0.4) is 0 Å². The molecule has 0 N–H and O–H groups in total. The maximum absolute atomic E-state index is 11.9. The summed E-state index contributed by atoms with van der Waals surface area (Å²) in [6.45, 7) is 3.39. The second-order valence-electron chi connectivity index (χ2n) is 4.65. The third-order valence-electron chi connectivity index (χ3n) is 2.82. The van der Waals surface area contributed by atoms with E-state index in [1.54, 1.807) is 0 Å². The summed E-state index contributed by atoms with van der Waals surface area (Å²) in [6.07, 6.45) is -5.06. The van der Waals surface area contributed by atoms with Crippen molar-refractivity contribution in [2.24, 2.45) is 0 Å². The standard InChI is InChI=1S/C13H17BrO9/c1-5(15)20-8-9(21-6(2)16)11(13(18)19-4)23-12(14)10(8)22-7(3)17/h8-12H,1-4H3/t8-,9-,10+,11?,12-/m0/s1. The highest BCUT2D eigenvalue weighted by molar-refractivity contribution is 9.09. The van der Waals surface area contributed by atoms with Gasteiger partial charge in [0.15, 0.2) is 29.4 Å². The number of halogens is 1. The molecule has 0 aromatic rings. The lowest BCUT2D eigenvalue weighted by Gasteiger charge is -2.41. The number of alkyl halides is 1. The maximum atomic E-state index is 11.9. The monoisotopic (exact) mass is 396 g/mol. The Morgan fingerprint density at radius 3 is 1.70 bits per heavy atom. The van der Waals surface area contributed by atoms with Gasteiger partial charge in [-0.05, 0) is 0 Å². The fourth-order valence-corrected chi connectivity index (χ4v) is 2.71. The molecule has 0 aliphatic carbocycles. The molecule has 1 aliphatic heterocycles. The van der Waals surface area contributed by atoms with E-state index in [1.807, 2.05) is 0 Å². The average molecular weight is 397 g/mol. The van der Waals surface area contributed by atoms with Crippen molar-refractivity contribution >= 4 is 39.8 Å². The number of ether oxygens (including phenoxy) is 5. The molecule has 1 aliphatic rings. The maximum Gasteiger partial charge on any atom is 0.339 e. The zero-order chi connectivity index (χ0) is 17.7. The van der Waals surface area contributed by atoms with Crippen LogP contribution < -0.4 is 0 Å². The predicted molar refractivity (Wildman–Crippen MR) is 76.3 cm³/mol. The van der Waals surface area contributed by atoms with Crippen molar-refractivity contribution < 1.29 is 42.9 Å². The van der Waals surface area contributed by atoms with Gasteiger partial charge < -0.3 is 23.7 Å². The first-order valence-corrected chi connectivity index (χ1v) is 7.48. The molecule has 0 bridgehead atoms. The van der Waals surface area contributed by atoms with Gasteiger partial charge in [-0.1, -0.05) is 15.9 Å². The van der Waals surface area contributed by atoms with Crippen LogP contribution >= 0.6 is 15.9 Å². The van der Waals surface area contributed by atoms with Gasteiger partial charge in [0.25, 0.3) is 0 Å². The second-order valence-corrected chi connectivity index (χ2v) is 5.56. The fourth-order valence-electron chi connectivity index (χ4n) is 2.07. The minimum Gasteiger partial charge on any atom is -0.467 e. The van der Waals surface area contributed by atoms with Crippen molar-refractivity contribution in [3.05, 3.63) is 0 Å². The van der Waals surface area contributed by atoms with Crippen molar-refractivity contribution in [1.82, 2.24) is 0 Å². The molecule has 130 valence electrons. The molecule has 0 amide bonds. The van der Waals surface area contributed by atoms with Gasteiger partial charge in [-0.2, -0.15) is 0 Å². The average Bonchev–Trinajstić information content (AvgIpc) is 2.43. The Kier molecular flexibility index (Phi) is 6.95. The Morgan fingerprint density at radius 1 is 0.826 bits per heavy atom. The van der Waals surface area contributed by atoms with E-state index < -0.39 is 53.3 Å². The molecular weight excluding hydrogens is 380 g/mol. The number of hydrogen-bond acceptors (Lipinski definition) is 9. The minimum absolute atomic E-state index is 0.668. The number of carbonyl (C=O) groups is 4. The minimum atomic E-state index is -1.36. The highest BCUT2D eigenvalue weighted by Gasteiger charge is 2.53. The predicted octanol–water partition coefficient (Wildman–Crippen LogP) is 0.0743. The summed E-state index contributed by atoms with van der Waals surface area (Å²) in [5.41, 5.74) is 0. The largest absolute Gasteiger partial charge is 0.467 e. The smallest absolute Gasteiger partial charge is 0.339 e. The quantitative estimate of drug-likeness (QED) is 0.369. The first-order chi connectivity index (χ1) is 10.7. The molecule has 1 heterocycles. The van der Waals surface area contributed by atoms with Gasteiger partial charge in [0.2, 0.25) is 0 Å². The van der Waals surface area contributed by atoms with E-state index in [2.05, 4.69) is 20.7 Å². The van der Waals surface area contributed by atoms with Crippen LogP contribution in [0.2, 0.25) is 0 Å². The molecule has 1 fully saturated rings. The third kappa shape index (κ3) is 5.17. The Labute approximate surface area is 140 Å². The molecule has 0 spiro atoms.